The molecule has 0 aliphatic heterocycles. The van der Waals surface area contributed by atoms with Gasteiger partial charge in [0, 0.05) is 16.8 Å². The van der Waals surface area contributed by atoms with Gasteiger partial charge in [-0.05, 0) is 30.9 Å². The minimum atomic E-state index is -0.262. The van der Waals surface area contributed by atoms with Crippen LogP contribution in [0.2, 0.25) is 0 Å². The Bertz CT molecular complexity index is 329. The van der Waals surface area contributed by atoms with Crippen LogP contribution in [-0.4, -0.2) is 11.7 Å². The predicted molar refractivity (Wildman–Crippen MR) is 55.2 cm³/mol. The van der Waals surface area contributed by atoms with E-state index in [1.54, 1.807) is 0 Å². The van der Waals surface area contributed by atoms with Gasteiger partial charge in [-0.15, -0.1) is 0 Å². The van der Waals surface area contributed by atoms with Crippen LogP contribution < -0.4 is 0 Å². The highest BCUT2D eigenvalue weighted by molar-refractivity contribution is 5.27. The molecule has 1 nitrogen and oxygen atoms in total. The largest absolute Gasteiger partial charge is 0.257 e. The maximum Gasteiger partial charge on any atom is 0.101 e. The second kappa shape index (κ2) is 3.34. The van der Waals surface area contributed by atoms with Gasteiger partial charge in [-0.2, -0.15) is 0 Å². The van der Waals surface area contributed by atoms with E-state index in [0.717, 1.165) is 24.2 Å². The van der Waals surface area contributed by atoms with Crippen molar-refractivity contribution in [3.05, 3.63) is 29.6 Å². The van der Waals surface area contributed by atoms with Crippen molar-refractivity contribution in [3.8, 4) is 0 Å². The fraction of sp³-hybridized carbons (Fsp3) is 0.583. The minimum Gasteiger partial charge on any atom is -0.257 e. The smallest absolute Gasteiger partial charge is 0.101 e. The summed E-state index contributed by atoms with van der Waals surface area (Å²) in [6, 6.07) is 5.97. The summed E-state index contributed by atoms with van der Waals surface area (Å²) in [5.74, 6) is 0.422. The highest BCUT2D eigenvalue weighted by Gasteiger charge is 2.45. The molecule has 1 fully saturated rings. The van der Waals surface area contributed by atoms with Gasteiger partial charge in [-0.25, -0.2) is 0 Å². The van der Waals surface area contributed by atoms with Gasteiger partial charge in [0.15, 0.2) is 0 Å². The molecule has 76 valence electrons. The Balaban J connectivity index is 2.31. The molecule has 14 heavy (non-hydrogen) atoms. The third-order valence-electron chi connectivity index (χ3n) is 3.01. The van der Waals surface area contributed by atoms with Gasteiger partial charge < -0.3 is 0 Å². The first-order chi connectivity index (χ1) is 6.68. The molecular formula is C12H16FN. The molecule has 0 atom stereocenters. The fourth-order valence-corrected chi connectivity index (χ4v) is 1.68. The lowest BCUT2D eigenvalue weighted by Gasteiger charge is -2.12. The minimum absolute atomic E-state index is 0.217. The number of rotatable bonds is 3. The molecule has 0 aromatic carbocycles. The average molecular weight is 193 g/mol. The summed E-state index contributed by atoms with van der Waals surface area (Å²) in [6.45, 7) is 3.96. The predicted octanol–water partition coefficient (Wildman–Crippen LogP) is 3.21. The van der Waals surface area contributed by atoms with Crippen molar-refractivity contribution in [2.45, 2.75) is 38.0 Å². The van der Waals surface area contributed by atoms with Crippen LogP contribution in [0.4, 0.5) is 4.39 Å². The molecule has 0 amide bonds. The lowest BCUT2D eigenvalue weighted by atomic mass is 10.0. The maximum absolute atomic E-state index is 12.8. The summed E-state index contributed by atoms with van der Waals surface area (Å²) in [5.41, 5.74) is 1.80. The third-order valence-corrected chi connectivity index (χ3v) is 3.01. The molecule has 0 spiro atoms. The number of nitrogens with zero attached hydrogens (tertiary/aromatic N) is 1. The van der Waals surface area contributed by atoms with Crippen LogP contribution in [0.25, 0.3) is 0 Å². The van der Waals surface area contributed by atoms with Crippen LogP contribution >= 0.6 is 0 Å². The molecule has 1 heterocycles. The Morgan fingerprint density at radius 1 is 1.43 bits per heavy atom. The highest BCUT2D eigenvalue weighted by Crippen LogP contribution is 2.47. The van der Waals surface area contributed by atoms with Crippen molar-refractivity contribution in [1.29, 1.82) is 0 Å². The van der Waals surface area contributed by atoms with Crippen LogP contribution in [0, 0.1) is 0 Å². The molecule has 0 saturated heterocycles. The number of halogens is 1. The van der Waals surface area contributed by atoms with E-state index < -0.39 is 0 Å². The zero-order valence-electron chi connectivity index (χ0n) is 8.76. The Kier molecular flexibility index (Phi) is 2.30. The zero-order valence-corrected chi connectivity index (χ0v) is 8.76. The summed E-state index contributed by atoms with van der Waals surface area (Å²) in [7, 11) is 0. The molecule has 1 aromatic heterocycles. The van der Waals surface area contributed by atoms with Crippen LogP contribution in [0.15, 0.2) is 18.2 Å². The standard InChI is InChI=1S/C12H16FN/c1-9(2)10-4-3-5-11(14-10)12(8-13)6-7-12/h3-5,9H,6-8H2,1-2H3. The van der Waals surface area contributed by atoms with Crippen LogP contribution in [0.5, 0.6) is 0 Å². The van der Waals surface area contributed by atoms with Crippen molar-refractivity contribution in [3.63, 3.8) is 0 Å². The second-order valence-corrected chi connectivity index (χ2v) is 4.52. The lowest BCUT2D eigenvalue weighted by molar-refractivity contribution is 0.411. The molecule has 0 N–H and O–H groups in total. The number of hydrogen-bond acceptors (Lipinski definition) is 1. The van der Waals surface area contributed by atoms with E-state index in [4.69, 9.17) is 0 Å². The number of hydrogen-bond donors (Lipinski definition) is 0. The summed E-state index contributed by atoms with van der Waals surface area (Å²) in [5, 5.41) is 0. The van der Waals surface area contributed by atoms with Crippen LogP contribution in [-0.2, 0) is 5.41 Å². The molecule has 1 aromatic rings. The SMILES string of the molecule is CC(C)c1cccc(C2(CF)CC2)n1. The number of pyridine rings is 1. The Morgan fingerprint density at radius 2 is 2.14 bits per heavy atom. The van der Waals surface area contributed by atoms with Crippen LogP contribution in [0.1, 0.15) is 44.0 Å². The highest BCUT2D eigenvalue weighted by atomic mass is 19.1. The number of alkyl halides is 1. The monoisotopic (exact) mass is 193 g/mol. The third kappa shape index (κ3) is 1.54. The van der Waals surface area contributed by atoms with Gasteiger partial charge in [0.2, 0.25) is 0 Å². The summed E-state index contributed by atoms with van der Waals surface area (Å²) in [4.78, 5) is 4.54. The molecule has 0 bridgehead atoms. The lowest BCUT2D eigenvalue weighted by Crippen LogP contribution is -2.12. The Hall–Kier alpha value is -0.920. The Morgan fingerprint density at radius 3 is 2.64 bits per heavy atom. The van der Waals surface area contributed by atoms with E-state index in [-0.39, 0.29) is 12.1 Å². The fourth-order valence-electron chi connectivity index (χ4n) is 1.68. The molecule has 1 aliphatic rings. The first kappa shape index (κ1) is 9.63. The van der Waals surface area contributed by atoms with Gasteiger partial charge in [-0.3, -0.25) is 9.37 Å². The van der Waals surface area contributed by atoms with Gasteiger partial charge in [0.1, 0.15) is 6.67 Å². The van der Waals surface area contributed by atoms with Crippen molar-refractivity contribution >= 4 is 0 Å². The zero-order chi connectivity index (χ0) is 10.2. The molecule has 0 unspecified atom stereocenters. The van der Waals surface area contributed by atoms with E-state index in [1.165, 1.54) is 0 Å². The second-order valence-electron chi connectivity index (χ2n) is 4.52. The summed E-state index contributed by atoms with van der Waals surface area (Å²) >= 11 is 0. The van der Waals surface area contributed by atoms with Gasteiger partial charge in [-0.1, -0.05) is 19.9 Å². The van der Waals surface area contributed by atoms with E-state index >= 15 is 0 Å². The summed E-state index contributed by atoms with van der Waals surface area (Å²) in [6.07, 6.45) is 1.91. The average Bonchev–Trinajstić information content (AvgIpc) is 2.98. The van der Waals surface area contributed by atoms with Crippen LogP contribution in [0.3, 0.4) is 0 Å². The van der Waals surface area contributed by atoms with Crippen molar-refractivity contribution < 1.29 is 4.39 Å². The van der Waals surface area contributed by atoms with Crippen molar-refractivity contribution in [2.24, 2.45) is 0 Å². The molecule has 2 rings (SSSR count). The normalized spacial score (nSPS) is 18.6. The van der Waals surface area contributed by atoms with Gasteiger partial charge in [0.25, 0.3) is 0 Å². The van der Waals surface area contributed by atoms with Crippen molar-refractivity contribution in [1.82, 2.24) is 4.98 Å². The van der Waals surface area contributed by atoms with E-state index in [0.29, 0.717) is 5.92 Å². The molecule has 2 heteroatoms. The molecule has 0 radical (unpaired) electrons. The van der Waals surface area contributed by atoms with E-state index in [1.807, 2.05) is 18.2 Å². The topological polar surface area (TPSA) is 12.9 Å². The first-order valence-electron chi connectivity index (χ1n) is 5.21. The molecule has 1 saturated carbocycles. The number of aromatic nitrogens is 1. The molecule has 1 aliphatic carbocycles. The van der Waals surface area contributed by atoms with Gasteiger partial charge in [0.05, 0.1) is 0 Å². The quantitative estimate of drug-likeness (QED) is 0.718. The molecular weight excluding hydrogens is 177 g/mol. The van der Waals surface area contributed by atoms with Crippen molar-refractivity contribution in [2.75, 3.05) is 6.67 Å². The van der Waals surface area contributed by atoms with E-state index in [2.05, 4.69) is 18.8 Å². The van der Waals surface area contributed by atoms with E-state index in [9.17, 15) is 4.39 Å². The summed E-state index contributed by atoms with van der Waals surface area (Å²) < 4.78 is 12.8. The first-order valence-corrected chi connectivity index (χ1v) is 5.21. The van der Waals surface area contributed by atoms with Gasteiger partial charge >= 0.3 is 0 Å². The maximum atomic E-state index is 12.8. The Labute approximate surface area is 84.4 Å².